The number of fused-ring (bicyclic) bond motifs is 11. The quantitative estimate of drug-likeness (QED) is 0.159. The van der Waals surface area contributed by atoms with Gasteiger partial charge in [0.1, 0.15) is 0 Å². The van der Waals surface area contributed by atoms with Crippen molar-refractivity contribution in [3.05, 3.63) is 177 Å². The fourth-order valence-corrected chi connectivity index (χ4v) is 19.8. The van der Waals surface area contributed by atoms with Crippen LogP contribution in [0.2, 0.25) is 0 Å². The highest BCUT2D eigenvalue weighted by molar-refractivity contribution is 7.33. The molecule has 460 valence electrons. The average molecular weight is 1190 g/mol. The minimum atomic E-state index is -0.0221. The molecule has 0 fully saturated rings. The fourth-order valence-electron chi connectivity index (χ4n) is 18.4. The van der Waals surface area contributed by atoms with Gasteiger partial charge in [-0.05, 0) is 264 Å². The van der Waals surface area contributed by atoms with Crippen molar-refractivity contribution in [2.75, 3.05) is 14.7 Å². The summed E-state index contributed by atoms with van der Waals surface area (Å²) in [4.78, 5) is 8.25. The molecule has 0 atom stereocenters. The molecule has 5 heteroatoms. The lowest BCUT2D eigenvalue weighted by Crippen LogP contribution is -2.61. The number of thiophene rings is 1. The minimum Gasteiger partial charge on any atom is -0.311 e. The molecular formula is C84H100BN3S. The van der Waals surface area contributed by atoms with Crippen molar-refractivity contribution in [3.63, 3.8) is 0 Å². The Balaban J connectivity index is 1.12. The van der Waals surface area contributed by atoms with Crippen molar-refractivity contribution in [2.24, 2.45) is 0 Å². The highest BCUT2D eigenvalue weighted by Gasteiger charge is 2.51. The van der Waals surface area contributed by atoms with E-state index in [1.54, 1.807) is 0 Å². The van der Waals surface area contributed by atoms with Crippen LogP contribution in [0.3, 0.4) is 0 Å². The van der Waals surface area contributed by atoms with Crippen LogP contribution in [0.1, 0.15) is 258 Å². The number of para-hydroxylation sites is 1. The van der Waals surface area contributed by atoms with Crippen LogP contribution in [-0.4, -0.2) is 6.71 Å². The number of nitrogens with zero attached hydrogens (tertiary/aromatic N) is 3. The van der Waals surface area contributed by atoms with Gasteiger partial charge < -0.3 is 14.7 Å². The van der Waals surface area contributed by atoms with Crippen LogP contribution < -0.4 is 30.4 Å². The summed E-state index contributed by atoms with van der Waals surface area (Å²) in [6.07, 6.45) is 11.7. The Morgan fingerprint density at radius 3 is 1.19 bits per heavy atom. The molecule has 0 bridgehead atoms. The lowest BCUT2D eigenvalue weighted by molar-refractivity contribution is 0.332. The van der Waals surface area contributed by atoms with E-state index in [0.717, 1.165) is 32.1 Å². The second kappa shape index (κ2) is 18.8. The average Bonchev–Trinajstić information content (AvgIpc) is 1.68. The van der Waals surface area contributed by atoms with Crippen molar-refractivity contribution in [2.45, 2.75) is 257 Å². The molecular weight excluding hydrogens is 1090 g/mol. The van der Waals surface area contributed by atoms with Gasteiger partial charge in [0.05, 0.1) is 11.4 Å². The normalized spacial score (nSPS) is 22.3. The summed E-state index contributed by atoms with van der Waals surface area (Å²) in [6, 6.07) is 50.6. The first kappa shape index (κ1) is 59.3. The van der Waals surface area contributed by atoms with Crippen LogP contribution in [0.25, 0.3) is 10.1 Å². The SMILES string of the molecule is CC1(C)CCC(C)(C)c2cc(N(c3ccccc3)c3cc4c5c(c3)N(c3ccc6c(c3)C(C)(C)CCC6(C)C)c3c(sc6cc7c(cc36)C(C)(C)CCC7(C)C)B5c3cc5c(cc3N4c3ccc4c(c3)C(C)(C)CCC4(C)C)C(C)(C)CCC5(C)C)ccc21. The first-order chi connectivity index (χ1) is 41.5. The van der Waals surface area contributed by atoms with Crippen LogP contribution in [0.4, 0.5) is 51.2 Å². The second-order valence-electron chi connectivity index (χ2n) is 35.9. The number of rotatable bonds is 5. The Hall–Kier alpha value is -6.04. The second-order valence-corrected chi connectivity index (χ2v) is 37.0. The summed E-state index contributed by atoms with van der Waals surface area (Å²) >= 11 is 2.10. The number of hydrogen-bond donors (Lipinski definition) is 0. The van der Waals surface area contributed by atoms with Gasteiger partial charge in [-0.1, -0.05) is 181 Å². The Bertz CT molecular complexity index is 4300. The number of benzene rings is 7. The van der Waals surface area contributed by atoms with Gasteiger partial charge in [0, 0.05) is 54.7 Å². The van der Waals surface area contributed by atoms with Crippen LogP contribution >= 0.6 is 11.3 Å². The van der Waals surface area contributed by atoms with Crippen LogP contribution in [-0.2, 0) is 54.1 Å². The molecule has 0 saturated carbocycles. The first-order valence-electron chi connectivity index (χ1n) is 34.4. The highest BCUT2D eigenvalue weighted by atomic mass is 32.1. The molecule has 0 unspecified atom stereocenters. The molecule has 1 aromatic heterocycles. The highest BCUT2D eigenvalue weighted by Crippen LogP contribution is 2.59. The molecule has 0 saturated heterocycles. The smallest absolute Gasteiger partial charge is 0.264 e. The predicted octanol–water partition coefficient (Wildman–Crippen LogP) is 22.2. The Morgan fingerprint density at radius 1 is 0.326 bits per heavy atom. The third-order valence-corrected chi connectivity index (χ3v) is 26.4. The molecule has 0 N–H and O–H groups in total. The van der Waals surface area contributed by atoms with E-state index in [1.165, 1.54) is 165 Å². The molecule has 3 nitrogen and oxygen atoms in total. The molecule has 89 heavy (non-hydrogen) atoms. The molecule has 7 aliphatic rings. The zero-order valence-corrected chi connectivity index (χ0v) is 58.8. The topological polar surface area (TPSA) is 9.72 Å². The van der Waals surface area contributed by atoms with Crippen molar-refractivity contribution in [1.29, 1.82) is 0 Å². The molecule has 0 amide bonds. The molecule has 2 aliphatic heterocycles. The summed E-state index contributed by atoms with van der Waals surface area (Å²) in [5, 5.41) is 1.40. The molecule has 8 aromatic rings. The van der Waals surface area contributed by atoms with E-state index in [9.17, 15) is 0 Å². The summed E-state index contributed by atoms with van der Waals surface area (Å²) in [7, 11) is 0. The maximum atomic E-state index is 2.83. The Kier molecular flexibility index (Phi) is 12.5. The third kappa shape index (κ3) is 8.81. The van der Waals surface area contributed by atoms with Crippen molar-refractivity contribution < 1.29 is 0 Å². The van der Waals surface area contributed by atoms with Crippen LogP contribution in [0.5, 0.6) is 0 Å². The van der Waals surface area contributed by atoms with Gasteiger partial charge in [0.25, 0.3) is 6.71 Å². The molecule has 15 rings (SSSR count). The van der Waals surface area contributed by atoms with E-state index < -0.39 is 0 Å². The monoisotopic (exact) mass is 1190 g/mol. The summed E-state index contributed by atoms with van der Waals surface area (Å²) < 4.78 is 2.88. The van der Waals surface area contributed by atoms with Crippen molar-refractivity contribution >= 4 is 95.0 Å². The third-order valence-electron chi connectivity index (χ3n) is 25.1. The first-order valence-corrected chi connectivity index (χ1v) is 35.2. The van der Waals surface area contributed by atoms with Crippen LogP contribution in [0, 0.1) is 0 Å². The maximum Gasteiger partial charge on any atom is 0.264 e. The van der Waals surface area contributed by atoms with E-state index in [1.807, 2.05) is 0 Å². The van der Waals surface area contributed by atoms with Crippen molar-refractivity contribution in [3.8, 4) is 0 Å². The lowest BCUT2D eigenvalue weighted by Gasteiger charge is -2.48. The summed E-state index contributed by atoms with van der Waals surface area (Å²) in [5.74, 6) is 0. The lowest BCUT2D eigenvalue weighted by atomic mass is 9.35. The van der Waals surface area contributed by atoms with Gasteiger partial charge in [-0.3, -0.25) is 0 Å². The van der Waals surface area contributed by atoms with E-state index in [0.29, 0.717) is 0 Å². The van der Waals surface area contributed by atoms with E-state index >= 15 is 0 Å². The van der Waals surface area contributed by atoms with Gasteiger partial charge >= 0.3 is 0 Å². The zero-order valence-electron chi connectivity index (χ0n) is 57.9. The number of anilines is 9. The standard InChI is InChI=1S/C84H100BN3S/c1-75(2)32-35-78(7,8)60-42-52(26-29-57(60)75)86(51-24-22-21-23-25-51)55-45-69-72-70(46-55)88(54-28-31-59-62(44-54)80(11,12)37-34-77(59,5)6)73-56-47-63-66(84(19,20)41-38-81(63,13)14)50-71(56)89-74(73)85(72)67-48-64-65(83(17,18)40-39-82(64,15)16)49-68(67)87(69)53-27-30-58-61(43-53)79(9,10)36-33-76(58,3)4/h21-31,42-50H,32-41H2,1-20H3. The molecule has 0 radical (unpaired) electrons. The van der Waals surface area contributed by atoms with Crippen molar-refractivity contribution in [1.82, 2.24) is 0 Å². The largest absolute Gasteiger partial charge is 0.311 e. The van der Waals surface area contributed by atoms with Gasteiger partial charge in [0.2, 0.25) is 0 Å². The summed E-state index contributed by atoms with van der Waals surface area (Å²) in [5.41, 5.74) is 29.7. The van der Waals surface area contributed by atoms with E-state index in [4.69, 9.17) is 0 Å². The van der Waals surface area contributed by atoms with Gasteiger partial charge in [-0.2, -0.15) is 0 Å². The fraction of sp³-hybridized carbons (Fsp3) is 0.476. The molecule has 7 aromatic carbocycles. The Labute approximate surface area is 540 Å². The van der Waals surface area contributed by atoms with E-state index in [-0.39, 0.29) is 60.9 Å². The molecule has 3 heterocycles. The van der Waals surface area contributed by atoms with Gasteiger partial charge in [0.15, 0.2) is 0 Å². The minimum absolute atomic E-state index is 0.000782. The summed E-state index contributed by atoms with van der Waals surface area (Å²) in [6.45, 7) is 50.1. The zero-order chi connectivity index (χ0) is 63.1. The Morgan fingerprint density at radius 2 is 0.708 bits per heavy atom. The maximum absolute atomic E-state index is 2.83. The molecule has 5 aliphatic carbocycles. The van der Waals surface area contributed by atoms with Gasteiger partial charge in [-0.25, -0.2) is 0 Å². The number of hydrogen-bond acceptors (Lipinski definition) is 4. The van der Waals surface area contributed by atoms with E-state index in [2.05, 4.69) is 286 Å². The van der Waals surface area contributed by atoms with Crippen LogP contribution in [0.15, 0.2) is 121 Å². The molecule has 0 spiro atoms. The predicted molar refractivity (Wildman–Crippen MR) is 387 cm³/mol. The van der Waals surface area contributed by atoms with Gasteiger partial charge in [-0.15, -0.1) is 11.3 Å².